The van der Waals surface area contributed by atoms with E-state index in [2.05, 4.69) is 9.80 Å². The van der Waals surface area contributed by atoms with E-state index in [0.29, 0.717) is 25.4 Å². The van der Waals surface area contributed by atoms with Crippen molar-refractivity contribution in [3.8, 4) is 11.5 Å². The van der Waals surface area contributed by atoms with Gasteiger partial charge in [-0.25, -0.2) is 4.90 Å². The largest absolute Gasteiger partial charge is 0.508 e. The molecule has 2 fully saturated rings. The van der Waals surface area contributed by atoms with Crippen molar-refractivity contribution < 1.29 is 19.4 Å². The van der Waals surface area contributed by atoms with Crippen LogP contribution in [0.2, 0.25) is 0 Å². The van der Waals surface area contributed by atoms with E-state index in [4.69, 9.17) is 4.74 Å². The second-order valence-electron chi connectivity index (χ2n) is 7.67. The standard InChI is InChI=1S/C23H27N3O4/c1-2-15-30-20-9-5-18(6-10-20)26-22(28)16-21(23(26)29)25-13-11-24(12-14-25)17-3-7-19(27)8-4-17/h3-10,21,27H,2,11-16H2,1H3. The molecule has 0 radical (unpaired) electrons. The molecule has 7 nitrogen and oxygen atoms in total. The molecule has 158 valence electrons. The van der Waals surface area contributed by atoms with Gasteiger partial charge in [0.15, 0.2) is 0 Å². The predicted molar refractivity (Wildman–Crippen MR) is 115 cm³/mol. The van der Waals surface area contributed by atoms with Crippen LogP contribution in [0.1, 0.15) is 19.8 Å². The van der Waals surface area contributed by atoms with Gasteiger partial charge in [0.25, 0.3) is 5.91 Å². The summed E-state index contributed by atoms with van der Waals surface area (Å²) in [6.45, 7) is 5.64. The van der Waals surface area contributed by atoms with Gasteiger partial charge in [0.2, 0.25) is 5.91 Å². The molecule has 2 aliphatic rings. The van der Waals surface area contributed by atoms with Crippen LogP contribution in [0.15, 0.2) is 48.5 Å². The molecule has 2 heterocycles. The Morgan fingerprint density at radius 1 is 0.933 bits per heavy atom. The highest BCUT2D eigenvalue weighted by Crippen LogP contribution is 2.28. The molecule has 1 N–H and O–H groups in total. The van der Waals surface area contributed by atoms with E-state index in [1.165, 1.54) is 4.90 Å². The third kappa shape index (κ3) is 4.11. The summed E-state index contributed by atoms with van der Waals surface area (Å²) in [5, 5.41) is 9.46. The molecule has 30 heavy (non-hydrogen) atoms. The fourth-order valence-corrected chi connectivity index (χ4v) is 4.04. The Kier molecular flexibility index (Phi) is 5.90. The SMILES string of the molecule is CCCOc1ccc(N2C(=O)CC(N3CCN(c4ccc(O)cc4)CC3)C2=O)cc1. The van der Waals surface area contributed by atoms with Gasteiger partial charge in [-0.1, -0.05) is 6.92 Å². The lowest BCUT2D eigenvalue weighted by molar-refractivity contribution is -0.123. The number of phenols is 1. The van der Waals surface area contributed by atoms with Gasteiger partial charge >= 0.3 is 0 Å². The van der Waals surface area contributed by atoms with Crippen molar-refractivity contribution >= 4 is 23.2 Å². The Labute approximate surface area is 176 Å². The van der Waals surface area contributed by atoms with E-state index in [1.54, 1.807) is 36.4 Å². The van der Waals surface area contributed by atoms with Gasteiger partial charge in [0, 0.05) is 31.9 Å². The van der Waals surface area contributed by atoms with Crippen molar-refractivity contribution in [2.24, 2.45) is 0 Å². The highest BCUT2D eigenvalue weighted by atomic mass is 16.5. The molecule has 0 spiro atoms. The number of phenolic OH excluding ortho intramolecular Hbond substituents is 1. The summed E-state index contributed by atoms with van der Waals surface area (Å²) in [6.07, 6.45) is 1.14. The first-order chi connectivity index (χ1) is 14.6. The summed E-state index contributed by atoms with van der Waals surface area (Å²) in [6, 6.07) is 13.9. The topological polar surface area (TPSA) is 73.3 Å². The molecule has 0 aromatic heterocycles. The zero-order chi connectivity index (χ0) is 21.1. The van der Waals surface area contributed by atoms with E-state index in [9.17, 15) is 14.7 Å². The molecular weight excluding hydrogens is 382 g/mol. The Hall–Kier alpha value is -3.06. The number of hydrogen-bond donors (Lipinski definition) is 1. The van der Waals surface area contributed by atoms with E-state index < -0.39 is 6.04 Å². The van der Waals surface area contributed by atoms with Gasteiger partial charge in [0.05, 0.1) is 24.8 Å². The van der Waals surface area contributed by atoms with Crippen LogP contribution in [0.5, 0.6) is 11.5 Å². The van der Waals surface area contributed by atoms with Crippen LogP contribution in [0.4, 0.5) is 11.4 Å². The summed E-state index contributed by atoms with van der Waals surface area (Å²) < 4.78 is 5.58. The molecule has 2 saturated heterocycles. The lowest BCUT2D eigenvalue weighted by atomic mass is 10.1. The van der Waals surface area contributed by atoms with Crippen LogP contribution >= 0.6 is 0 Å². The van der Waals surface area contributed by atoms with E-state index in [1.807, 2.05) is 19.1 Å². The number of carbonyl (C=O) groups excluding carboxylic acids is 2. The predicted octanol–water partition coefficient (Wildman–Crippen LogP) is 2.64. The number of ether oxygens (including phenoxy) is 1. The van der Waals surface area contributed by atoms with Crippen molar-refractivity contribution in [3.63, 3.8) is 0 Å². The average Bonchev–Trinajstić information content (AvgIpc) is 3.07. The minimum Gasteiger partial charge on any atom is -0.508 e. The van der Waals surface area contributed by atoms with Crippen LogP contribution in [0.3, 0.4) is 0 Å². The summed E-state index contributed by atoms with van der Waals surface area (Å²) in [5.74, 6) is 0.674. The maximum atomic E-state index is 13.1. The quantitative estimate of drug-likeness (QED) is 0.740. The van der Waals surface area contributed by atoms with Crippen molar-refractivity contribution in [3.05, 3.63) is 48.5 Å². The van der Waals surface area contributed by atoms with Crippen LogP contribution in [0, 0.1) is 0 Å². The maximum absolute atomic E-state index is 13.1. The highest BCUT2D eigenvalue weighted by molar-refractivity contribution is 6.22. The van der Waals surface area contributed by atoms with Gasteiger partial charge < -0.3 is 14.7 Å². The van der Waals surface area contributed by atoms with E-state index >= 15 is 0 Å². The number of piperazine rings is 1. The van der Waals surface area contributed by atoms with Crippen molar-refractivity contribution in [1.82, 2.24) is 4.90 Å². The summed E-state index contributed by atoms with van der Waals surface area (Å²) in [4.78, 5) is 31.3. The zero-order valence-corrected chi connectivity index (χ0v) is 17.2. The molecule has 2 aliphatic heterocycles. The molecule has 1 atom stereocenters. The smallest absolute Gasteiger partial charge is 0.251 e. The third-order valence-corrected chi connectivity index (χ3v) is 5.66. The number of imide groups is 1. The van der Waals surface area contributed by atoms with Crippen LogP contribution in [-0.4, -0.2) is 60.6 Å². The Bertz CT molecular complexity index is 890. The lowest BCUT2D eigenvalue weighted by Gasteiger charge is -2.38. The minimum atomic E-state index is -0.407. The molecule has 7 heteroatoms. The number of nitrogens with zero attached hydrogens (tertiary/aromatic N) is 3. The fourth-order valence-electron chi connectivity index (χ4n) is 4.04. The van der Waals surface area contributed by atoms with Crippen LogP contribution in [0.25, 0.3) is 0 Å². The van der Waals surface area contributed by atoms with Gasteiger partial charge in [-0.2, -0.15) is 0 Å². The van der Waals surface area contributed by atoms with E-state index in [0.717, 1.165) is 30.9 Å². The molecule has 2 amide bonds. The molecule has 4 rings (SSSR count). The van der Waals surface area contributed by atoms with Gasteiger partial charge in [-0.15, -0.1) is 0 Å². The summed E-state index contributed by atoms with van der Waals surface area (Å²) in [7, 11) is 0. The summed E-state index contributed by atoms with van der Waals surface area (Å²) >= 11 is 0. The number of aromatic hydroxyl groups is 1. The van der Waals surface area contributed by atoms with Gasteiger partial charge in [-0.3, -0.25) is 14.5 Å². The number of anilines is 2. The van der Waals surface area contributed by atoms with Gasteiger partial charge in [0.1, 0.15) is 11.5 Å². The highest BCUT2D eigenvalue weighted by Gasteiger charge is 2.43. The van der Waals surface area contributed by atoms with Crippen molar-refractivity contribution in [2.45, 2.75) is 25.8 Å². The number of carbonyl (C=O) groups is 2. The number of amides is 2. The first kappa shape index (κ1) is 20.2. The molecule has 2 aromatic rings. The number of rotatable bonds is 6. The maximum Gasteiger partial charge on any atom is 0.251 e. The molecule has 1 unspecified atom stereocenters. The van der Waals surface area contributed by atoms with Crippen molar-refractivity contribution in [2.75, 3.05) is 42.6 Å². The fraction of sp³-hybridized carbons (Fsp3) is 0.391. The second kappa shape index (κ2) is 8.75. The normalized spacial score (nSPS) is 20.1. The van der Waals surface area contributed by atoms with Gasteiger partial charge in [-0.05, 0) is 55.0 Å². The molecule has 0 aliphatic carbocycles. The summed E-state index contributed by atoms with van der Waals surface area (Å²) in [5.41, 5.74) is 1.65. The number of hydrogen-bond acceptors (Lipinski definition) is 6. The van der Waals surface area contributed by atoms with Crippen molar-refractivity contribution in [1.29, 1.82) is 0 Å². The molecule has 0 saturated carbocycles. The average molecular weight is 409 g/mol. The van der Waals surface area contributed by atoms with Crippen LogP contribution < -0.4 is 14.5 Å². The first-order valence-corrected chi connectivity index (χ1v) is 10.4. The third-order valence-electron chi connectivity index (χ3n) is 5.66. The first-order valence-electron chi connectivity index (χ1n) is 10.4. The Morgan fingerprint density at radius 2 is 1.57 bits per heavy atom. The Balaban J connectivity index is 1.39. The molecule has 2 aromatic carbocycles. The minimum absolute atomic E-state index is 0.152. The molecule has 0 bridgehead atoms. The monoisotopic (exact) mass is 409 g/mol. The number of benzene rings is 2. The van der Waals surface area contributed by atoms with Crippen LogP contribution in [-0.2, 0) is 9.59 Å². The molecular formula is C23H27N3O4. The second-order valence-corrected chi connectivity index (χ2v) is 7.67. The zero-order valence-electron chi connectivity index (χ0n) is 17.2. The Morgan fingerprint density at radius 3 is 2.20 bits per heavy atom. The lowest BCUT2D eigenvalue weighted by Crippen LogP contribution is -2.52. The van der Waals surface area contributed by atoms with E-state index in [-0.39, 0.29) is 24.0 Å².